The van der Waals surface area contributed by atoms with Crippen LogP contribution in [0.3, 0.4) is 0 Å². The molecular weight excluding hydrogens is 442 g/mol. The van der Waals surface area contributed by atoms with E-state index in [2.05, 4.69) is 16.0 Å². The van der Waals surface area contributed by atoms with Gasteiger partial charge in [-0.25, -0.2) is 4.79 Å². The zero-order valence-corrected chi connectivity index (χ0v) is 19.0. The number of nitrogens with one attached hydrogen (secondary N) is 3. The lowest BCUT2D eigenvalue weighted by Gasteiger charge is -2.22. The fraction of sp³-hybridized carbons (Fsp3) is 0.320. The molecule has 7 nitrogen and oxygen atoms in total. The maximum absolute atomic E-state index is 13.0. The molecule has 0 saturated carbocycles. The van der Waals surface area contributed by atoms with Crippen molar-refractivity contribution in [2.45, 2.75) is 44.4 Å². The van der Waals surface area contributed by atoms with E-state index in [1.807, 2.05) is 42.5 Å². The maximum Gasteiger partial charge on any atom is 0.408 e. The molecular formula is C25H28ClN3O4. The summed E-state index contributed by atoms with van der Waals surface area (Å²) in [5, 5.41) is 9.08. The van der Waals surface area contributed by atoms with Gasteiger partial charge in [0.25, 0.3) is 0 Å². The van der Waals surface area contributed by atoms with Crippen molar-refractivity contribution in [1.29, 1.82) is 0 Å². The summed E-state index contributed by atoms with van der Waals surface area (Å²) in [6.07, 6.45) is 4.69. The number of carbonyl (C=O) groups is 3. The highest BCUT2D eigenvalue weighted by Crippen LogP contribution is 2.12. The Morgan fingerprint density at radius 2 is 1.79 bits per heavy atom. The third kappa shape index (κ3) is 8.61. The summed E-state index contributed by atoms with van der Waals surface area (Å²) in [5.74, 6) is -0.527. The number of halogens is 1. The number of benzene rings is 2. The van der Waals surface area contributed by atoms with Crippen LogP contribution < -0.4 is 16.0 Å². The molecule has 2 atom stereocenters. The molecule has 3 amide bonds. The predicted molar refractivity (Wildman–Crippen MR) is 127 cm³/mol. The topological polar surface area (TPSA) is 96.5 Å². The van der Waals surface area contributed by atoms with Gasteiger partial charge in [-0.3, -0.25) is 9.59 Å². The van der Waals surface area contributed by atoms with Crippen LogP contribution in [0, 0.1) is 0 Å². The minimum atomic E-state index is -0.746. The first-order chi connectivity index (χ1) is 16.0. The fourth-order valence-corrected chi connectivity index (χ4v) is 3.57. The van der Waals surface area contributed by atoms with Crippen LogP contribution >= 0.6 is 11.6 Å². The Labute approximate surface area is 198 Å². The minimum Gasteiger partial charge on any atom is -0.445 e. The quantitative estimate of drug-likeness (QED) is 0.624. The SMILES string of the molecule is O=C1/C=C\[C@H](Cc2ccc(Cl)cc2)NC(=O)[C@@H](NC(=O)OCc2ccccc2)CCCCN1. The van der Waals surface area contributed by atoms with Gasteiger partial charge in [-0.05, 0) is 48.9 Å². The van der Waals surface area contributed by atoms with Crippen LogP contribution in [-0.4, -0.2) is 36.5 Å². The summed E-state index contributed by atoms with van der Waals surface area (Å²) in [6.45, 7) is 0.618. The predicted octanol–water partition coefficient (Wildman–Crippen LogP) is 3.52. The summed E-state index contributed by atoms with van der Waals surface area (Å²) in [6, 6.07) is 15.4. The van der Waals surface area contributed by atoms with E-state index in [9.17, 15) is 14.4 Å². The Kier molecular flexibility index (Phi) is 9.32. The second kappa shape index (κ2) is 12.6. The number of rotatable bonds is 5. The Bertz CT molecular complexity index is 963. The van der Waals surface area contributed by atoms with Crippen molar-refractivity contribution >= 4 is 29.5 Å². The van der Waals surface area contributed by atoms with Crippen LogP contribution in [0.2, 0.25) is 5.02 Å². The largest absolute Gasteiger partial charge is 0.445 e. The highest BCUT2D eigenvalue weighted by Gasteiger charge is 2.23. The molecule has 1 aliphatic heterocycles. The summed E-state index contributed by atoms with van der Waals surface area (Å²) >= 11 is 5.96. The van der Waals surface area contributed by atoms with E-state index >= 15 is 0 Å². The first kappa shape index (κ1) is 24.3. The zero-order valence-electron chi connectivity index (χ0n) is 18.3. The summed E-state index contributed by atoms with van der Waals surface area (Å²) in [7, 11) is 0. The van der Waals surface area contributed by atoms with E-state index in [1.165, 1.54) is 6.08 Å². The average molecular weight is 470 g/mol. The molecule has 174 valence electrons. The van der Waals surface area contributed by atoms with E-state index in [4.69, 9.17) is 16.3 Å². The molecule has 0 saturated heterocycles. The van der Waals surface area contributed by atoms with E-state index in [0.29, 0.717) is 37.3 Å². The van der Waals surface area contributed by atoms with Crippen molar-refractivity contribution in [3.63, 3.8) is 0 Å². The van der Waals surface area contributed by atoms with Gasteiger partial charge in [-0.1, -0.05) is 60.1 Å². The summed E-state index contributed by atoms with van der Waals surface area (Å²) in [4.78, 5) is 37.4. The van der Waals surface area contributed by atoms with Crippen LogP contribution in [0.25, 0.3) is 0 Å². The van der Waals surface area contributed by atoms with Gasteiger partial charge in [0.1, 0.15) is 12.6 Å². The van der Waals surface area contributed by atoms with Gasteiger partial charge in [0.2, 0.25) is 11.8 Å². The first-order valence-corrected chi connectivity index (χ1v) is 11.4. The van der Waals surface area contributed by atoms with Gasteiger partial charge < -0.3 is 20.7 Å². The number of amides is 3. The maximum atomic E-state index is 13.0. The van der Waals surface area contributed by atoms with E-state index in [1.54, 1.807) is 18.2 Å². The van der Waals surface area contributed by atoms with Crippen LogP contribution in [0.1, 0.15) is 30.4 Å². The van der Waals surface area contributed by atoms with Gasteiger partial charge in [0.15, 0.2) is 0 Å². The molecule has 1 heterocycles. The van der Waals surface area contributed by atoms with Gasteiger partial charge >= 0.3 is 6.09 Å². The number of alkyl carbamates (subject to hydrolysis) is 1. The minimum absolute atomic E-state index is 0.120. The van der Waals surface area contributed by atoms with E-state index in [0.717, 1.165) is 11.1 Å². The van der Waals surface area contributed by atoms with E-state index < -0.39 is 18.2 Å². The Morgan fingerprint density at radius 1 is 1.03 bits per heavy atom. The molecule has 0 fully saturated rings. The van der Waals surface area contributed by atoms with Crippen molar-refractivity contribution in [3.05, 3.63) is 82.9 Å². The highest BCUT2D eigenvalue weighted by atomic mass is 35.5. The second-order valence-corrected chi connectivity index (χ2v) is 8.29. The average Bonchev–Trinajstić information content (AvgIpc) is 2.81. The number of carbonyl (C=O) groups excluding carboxylic acids is 3. The molecule has 0 radical (unpaired) electrons. The van der Waals surface area contributed by atoms with Gasteiger partial charge in [-0.15, -0.1) is 0 Å². The normalized spacial score (nSPS) is 20.4. The smallest absolute Gasteiger partial charge is 0.408 e. The van der Waals surface area contributed by atoms with E-state index in [-0.39, 0.29) is 18.4 Å². The molecule has 1 aliphatic rings. The molecule has 33 heavy (non-hydrogen) atoms. The Morgan fingerprint density at radius 3 is 2.55 bits per heavy atom. The van der Waals surface area contributed by atoms with Crippen LogP contribution in [0.15, 0.2) is 66.7 Å². The van der Waals surface area contributed by atoms with Crippen molar-refractivity contribution < 1.29 is 19.1 Å². The van der Waals surface area contributed by atoms with Crippen molar-refractivity contribution in [1.82, 2.24) is 16.0 Å². The lowest BCUT2D eigenvalue weighted by Crippen LogP contribution is -2.50. The molecule has 0 spiro atoms. The fourth-order valence-electron chi connectivity index (χ4n) is 3.45. The second-order valence-electron chi connectivity index (χ2n) is 7.85. The lowest BCUT2D eigenvalue weighted by atomic mass is 10.0. The Hall–Kier alpha value is -3.32. The molecule has 2 aromatic carbocycles. The van der Waals surface area contributed by atoms with Crippen LogP contribution in [0.4, 0.5) is 4.79 Å². The Balaban J connectivity index is 1.66. The monoisotopic (exact) mass is 469 g/mol. The summed E-state index contributed by atoms with van der Waals surface area (Å²) in [5.41, 5.74) is 1.81. The van der Waals surface area contributed by atoms with Crippen molar-refractivity contribution in [2.75, 3.05) is 6.54 Å². The van der Waals surface area contributed by atoms with Gasteiger partial charge in [0, 0.05) is 17.6 Å². The summed E-state index contributed by atoms with van der Waals surface area (Å²) < 4.78 is 5.29. The number of ether oxygens (including phenoxy) is 1. The zero-order chi connectivity index (χ0) is 23.5. The number of hydrogen-bond acceptors (Lipinski definition) is 4. The lowest BCUT2D eigenvalue weighted by molar-refractivity contribution is -0.124. The van der Waals surface area contributed by atoms with Crippen LogP contribution in [-0.2, 0) is 27.4 Å². The standard InChI is InChI=1S/C25H28ClN3O4/c26-20-11-9-18(10-12-20)16-21-13-14-23(30)27-15-5-4-8-22(24(31)28-21)29-25(32)33-17-19-6-2-1-3-7-19/h1-3,6-7,9-14,21-22H,4-5,8,15-17H2,(H,27,30)(H,28,31)(H,29,32)/b14-13-/t21-,22+/m1/s1. The molecule has 0 aromatic heterocycles. The van der Waals surface area contributed by atoms with Crippen LogP contribution in [0.5, 0.6) is 0 Å². The first-order valence-electron chi connectivity index (χ1n) is 11.0. The van der Waals surface area contributed by atoms with Gasteiger partial charge in [-0.2, -0.15) is 0 Å². The van der Waals surface area contributed by atoms with Gasteiger partial charge in [0.05, 0.1) is 6.04 Å². The number of hydrogen-bond donors (Lipinski definition) is 3. The third-order valence-electron chi connectivity index (χ3n) is 5.22. The van der Waals surface area contributed by atoms with Crippen molar-refractivity contribution in [3.8, 4) is 0 Å². The molecule has 3 N–H and O–H groups in total. The molecule has 0 bridgehead atoms. The van der Waals surface area contributed by atoms with Crippen molar-refractivity contribution in [2.24, 2.45) is 0 Å². The molecule has 3 rings (SSSR count). The third-order valence-corrected chi connectivity index (χ3v) is 5.47. The molecule has 8 heteroatoms. The highest BCUT2D eigenvalue weighted by molar-refractivity contribution is 6.30. The molecule has 0 aliphatic carbocycles. The molecule has 0 unspecified atom stereocenters. The molecule has 2 aromatic rings.